The van der Waals surface area contributed by atoms with Crippen LogP contribution in [-0.4, -0.2) is 50.5 Å². The van der Waals surface area contributed by atoms with Crippen LogP contribution in [0.2, 0.25) is 0 Å². The molecule has 0 saturated carbocycles. The number of ether oxygens (including phenoxy) is 1. The van der Waals surface area contributed by atoms with Gasteiger partial charge >= 0.3 is 11.9 Å². The van der Waals surface area contributed by atoms with Gasteiger partial charge in [0.1, 0.15) is 0 Å². The van der Waals surface area contributed by atoms with E-state index < -0.39 is 41.0 Å². The van der Waals surface area contributed by atoms with Crippen LogP contribution in [0.1, 0.15) is 60.8 Å². The van der Waals surface area contributed by atoms with Gasteiger partial charge in [-0.1, -0.05) is 20.8 Å². The Bertz CT molecular complexity index is 536. The number of hydroxylamine groups is 2. The van der Waals surface area contributed by atoms with Crippen molar-refractivity contribution in [3.8, 4) is 0 Å². The number of nitrogens with zero attached hydrogens (tertiary/aromatic N) is 1. The molecule has 1 aliphatic heterocycles. The van der Waals surface area contributed by atoms with Gasteiger partial charge in [-0.2, -0.15) is 5.06 Å². The van der Waals surface area contributed by atoms with Gasteiger partial charge in [-0.25, -0.2) is 9.59 Å². The highest BCUT2D eigenvalue weighted by atomic mass is 16.7. The lowest BCUT2D eigenvalue weighted by atomic mass is 9.69. The van der Waals surface area contributed by atoms with Gasteiger partial charge in [0.15, 0.2) is 6.10 Å². The van der Waals surface area contributed by atoms with Gasteiger partial charge in [0.25, 0.3) is 0 Å². The van der Waals surface area contributed by atoms with Crippen molar-refractivity contribution in [2.75, 3.05) is 0 Å². The quantitative estimate of drug-likeness (QED) is 0.410. The fourth-order valence-corrected chi connectivity index (χ4v) is 3.38. The third-order valence-electron chi connectivity index (χ3n) is 5.70. The van der Waals surface area contributed by atoms with Gasteiger partial charge in [-0.3, -0.25) is 4.84 Å². The lowest BCUT2D eigenvalue weighted by molar-refractivity contribution is -0.330. The second kappa shape index (κ2) is 7.85. The van der Waals surface area contributed by atoms with Crippen molar-refractivity contribution in [1.29, 1.82) is 0 Å². The molecule has 0 aromatic rings. The predicted molar refractivity (Wildman–Crippen MR) is 92.4 cm³/mol. The summed E-state index contributed by atoms with van der Waals surface area (Å²) in [5, 5.41) is 21.1. The fourth-order valence-electron chi connectivity index (χ4n) is 3.38. The van der Waals surface area contributed by atoms with E-state index in [0.29, 0.717) is 12.8 Å². The number of aliphatic hydroxyl groups is 1. The van der Waals surface area contributed by atoms with Gasteiger partial charge in [0.2, 0.25) is 5.76 Å². The number of rotatable bonds is 7. The molecule has 1 saturated heterocycles. The molecule has 0 bridgehead atoms. The minimum atomic E-state index is -1.40. The number of aliphatic carboxylic acids is 1. The maximum absolute atomic E-state index is 12.1. The predicted octanol–water partition coefficient (Wildman–Crippen LogP) is 2.49. The Morgan fingerprint density at radius 1 is 1.32 bits per heavy atom. The molecule has 25 heavy (non-hydrogen) atoms. The highest BCUT2D eigenvalue weighted by molar-refractivity contribution is 5.88. The number of aliphatic hydroxyl groups excluding tert-OH is 1. The first-order valence-corrected chi connectivity index (χ1v) is 8.72. The Labute approximate surface area is 149 Å². The van der Waals surface area contributed by atoms with Crippen LogP contribution in [-0.2, 0) is 19.2 Å². The average Bonchev–Trinajstić information content (AvgIpc) is 2.56. The summed E-state index contributed by atoms with van der Waals surface area (Å²) in [7, 11) is 0. The van der Waals surface area contributed by atoms with Crippen LogP contribution >= 0.6 is 0 Å². The van der Waals surface area contributed by atoms with E-state index in [1.54, 1.807) is 0 Å². The molecule has 0 aliphatic carbocycles. The first kappa shape index (κ1) is 21.6. The Morgan fingerprint density at radius 2 is 1.88 bits per heavy atom. The fraction of sp³-hybridized carbons (Fsp3) is 0.778. The minimum absolute atomic E-state index is 0.0608. The number of carbonyl (C=O) groups is 2. The van der Waals surface area contributed by atoms with Crippen LogP contribution < -0.4 is 0 Å². The minimum Gasteiger partial charge on any atom is -0.475 e. The van der Waals surface area contributed by atoms with E-state index in [0.717, 1.165) is 6.42 Å². The maximum atomic E-state index is 12.1. The molecule has 0 aromatic heterocycles. The molecular formula is C18H31NO6. The first-order chi connectivity index (χ1) is 11.4. The zero-order valence-electron chi connectivity index (χ0n) is 16.0. The lowest BCUT2D eigenvalue weighted by Crippen LogP contribution is -2.68. The highest BCUT2D eigenvalue weighted by Gasteiger charge is 2.54. The summed E-state index contributed by atoms with van der Waals surface area (Å²) in [4.78, 5) is 28.9. The van der Waals surface area contributed by atoms with Crippen molar-refractivity contribution in [2.24, 2.45) is 5.92 Å². The Hall–Kier alpha value is -1.44. The van der Waals surface area contributed by atoms with Crippen molar-refractivity contribution in [3.63, 3.8) is 0 Å². The Morgan fingerprint density at radius 3 is 2.32 bits per heavy atom. The van der Waals surface area contributed by atoms with E-state index >= 15 is 0 Å². The summed E-state index contributed by atoms with van der Waals surface area (Å²) in [6.45, 7) is 14.7. The molecule has 1 heterocycles. The van der Waals surface area contributed by atoms with Crippen molar-refractivity contribution in [3.05, 3.63) is 12.3 Å². The van der Waals surface area contributed by atoms with E-state index in [1.165, 1.54) is 6.92 Å². The molecule has 1 aliphatic rings. The summed E-state index contributed by atoms with van der Waals surface area (Å²) >= 11 is 0. The summed E-state index contributed by atoms with van der Waals surface area (Å²) in [6, 6.07) is 0. The molecule has 0 radical (unpaired) electrons. The van der Waals surface area contributed by atoms with E-state index in [4.69, 9.17) is 14.7 Å². The molecule has 7 heteroatoms. The number of hydrogen-bond donors (Lipinski definition) is 2. The van der Waals surface area contributed by atoms with Crippen LogP contribution in [0.25, 0.3) is 0 Å². The van der Waals surface area contributed by atoms with E-state index in [-0.39, 0.29) is 5.92 Å². The van der Waals surface area contributed by atoms with Gasteiger partial charge in [-0.15, -0.1) is 0 Å². The molecule has 1 fully saturated rings. The largest absolute Gasteiger partial charge is 0.475 e. The van der Waals surface area contributed by atoms with Crippen molar-refractivity contribution < 1.29 is 29.4 Å². The molecule has 0 aromatic carbocycles. The molecule has 5 unspecified atom stereocenters. The second-order valence-corrected chi connectivity index (χ2v) is 7.31. The molecule has 2 N–H and O–H groups in total. The van der Waals surface area contributed by atoms with Gasteiger partial charge in [0.05, 0.1) is 6.10 Å². The normalized spacial score (nSPS) is 34.4. The highest BCUT2D eigenvalue weighted by Crippen LogP contribution is 2.46. The van der Waals surface area contributed by atoms with Gasteiger partial charge < -0.3 is 14.9 Å². The van der Waals surface area contributed by atoms with Crippen LogP contribution in [0.3, 0.4) is 0 Å². The zero-order chi connectivity index (χ0) is 19.6. The van der Waals surface area contributed by atoms with Crippen molar-refractivity contribution >= 4 is 11.9 Å². The van der Waals surface area contributed by atoms with Gasteiger partial charge in [0, 0.05) is 17.0 Å². The Balaban J connectivity index is 3.06. The van der Waals surface area contributed by atoms with E-state index in [9.17, 15) is 14.7 Å². The summed E-state index contributed by atoms with van der Waals surface area (Å²) in [6.07, 6.45) is 0.476. The summed E-state index contributed by atoms with van der Waals surface area (Å²) in [5.41, 5.74) is -0.949. The number of esters is 1. The number of carboxylic acid groups (broad SMARTS) is 1. The van der Waals surface area contributed by atoms with Crippen molar-refractivity contribution in [2.45, 2.75) is 84.1 Å². The number of carbonyl (C=O) groups excluding carboxylic acids is 1. The second-order valence-electron chi connectivity index (χ2n) is 7.31. The smallest absolute Gasteiger partial charge is 0.371 e. The monoisotopic (exact) mass is 357 g/mol. The van der Waals surface area contributed by atoms with Gasteiger partial charge in [-0.05, 0) is 46.6 Å². The van der Waals surface area contributed by atoms with Crippen LogP contribution in [0.4, 0.5) is 0 Å². The molecule has 5 atom stereocenters. The number of piperidine rings is 1. The zero-order valence-corrected chi connectivity index (χ0v) is 16.0. The molecule has 0 amide bonds. The number of carboxylic acids is 1. The number of hydrogen-bond acceptors (Lipinski definition) is 6. The SMILES string of the molecule is C=C(OC(=O)C(C)ON1C(C)(CC)CC(O)C(C)C1(C)CC)C(=O)O. The topological polar surface area (TPSA) is 96.3 Å². The maximum Gasteiger partial charge on any atom is 0.371 e. The molecule has 7 nitrogen and oxygen atoms in total. The summed E-state index contributed by atoms with van der Waals surface area (Å²) < 4.78 is 4.73. The third-order valence-corrected chi connectivity index (χ3v) is 5.70. The van der Waals surface area contributed by atoms with Crippen LogP contribution in [0, 0.1) is 5.92 Å². The first-order valence-electron chi connectivity index (χ1n) is 8.72. The van der Waals surface area contributed by atoms with Crippen molar-refractivity contribution in [1.82, 2.24) is 5.06 Å². The standard InChI is InChI=1S/C18H31NO6/c1-8-17(6)10-14(20)11(3)18(7,9-2)19(17)25-13(5)16(23)24-12(4)15(21)22/h11,13-14,20H,4,8-10H2,1-3,5-7H3,(H,21,22). The van der Waals surface area contributed by atoms with Crippen LogP contribution in [0.15, 0.2) is 12.3 Å². The van der Waals surface area contributed by atoms with Crippen LogP contribution in [0.5, 0.6) is 0 Å². The molecule has 144 valence electrons. The lowest BCUT2D eigenvalue weighted by Gasteiger charge is -2.58. The average molecular weight is 357 g/mol. The Kier molecular flexibility index (Phi) is 6.78. The molecule has 1 rings (SSSR count). The molecular weight excluding hydrogens is 326 g/mol. The third kappa shape index (κ3) is 4.22. The van der Waals surface area contributed by atoms with E-state index in [2.05, 4.69) is 6.58 Å². The van der Waals surface area contributed by atoms with E-state index in [1.807, 2.05) is 39.7 Å². The molecule has 0 spiro atoms. The summed E-state index contributed by atoms with van der Waals surface area (Å²) in [5.74, 6) is -2.91.